The molecule has 7 heteroatoms. The number of carbonyl (C=O) groups is 2. The third-order valence-corrected chi connectivity index (χ3v) is 4.26. The average Bonchev–Trinajstić information content (AvgIpc) is 2.67. The van der Waals surface area contributed by atoms with Crippen molar-refractivity contribution >= 4 is 29.2 Å². The molecule has 0 spiro atoms. The van der Waals surface area contributed by atoms with Crippen LogP contribution in [0, 0.1) is 6.92 Å². The van der Waals surface area contributed by atoms with Crippen molar-refractivity contribution in [2.45, 2.75) is 20.5 Å². The van der Waals surface area contributed by atoms with Crippen molar-refractivity contribution in [2.24, 2.45) is 0 Å². The number of esters is 1. The van der Waals surface area contributed by atoms with Crippen molar-refractivity contribution in [1.82, 2.24) is 0 Å². The van der Waals surface area contributed by atoms with Crippen LogP contribution in [0.15, 0.2) is 36.4 Å². The van der Waals surface area contributed by atoms with E-state index in [1.54, 1.807) is 50.4 Å². The monoisotopic (exact) mass is 391 g/mol. The molecule has 6 nitrogen and oxygen atoms in total. The maximum atomic E-state index is 12.2. The zero-order chi connectivity index (χ0) is 19.8. The SMILES string of the molecule is CCOCc1cc(C(=O)OCC(=O)Nc2cccc(Cl)c2C)ccc1OC. The second-order valence-corrected chi connectivity index (χ2v) is 6.11. The number of anilines is 1. The van der Waals surface area contributed by atoms with E-state index in [-0.39, 0.29) is 0 Å². The normalized spacial score (nSPS) is 10.4. The predicted octanol–water partition coefficient (Wildman–Crippen LogP) is 3.99. The summed E-state index contributed by atoms with van der Waals surface area (Å²) < 4.78 is 15.7. The van der Waals surface area contributed by atoms with Gasteiger partial charge in [0.2, 0.25) is 0 Å². The number of amides is 1. The van der Waals surface area contributed by atoms with E-state index in [0.29, 0.717) is 35.2 Å². The molecular formula is C20H22ClNO5. The van der Waals surface area contributed by atoms with Crippen LogP contribution in [0.3, 0.4) is 0 Å². The van der Waals surface area contributed by atoms with Crippen LogP contribution in [0.1, 0.15) is 28.4 Å². The van der Waals surface area contributed by atoms with Gasteiger partial charge < -0.3 is 19.5 Å². The molecule has 144 valence electrons. The van der Waals surface area contributed by atoms with Crippen molar-refractivity contribution in [3.05, 3.63) is 58.1 Å². The molecule has 0 fully saturated rings. The first kappa shape index (κ1) is 20.7. The first-order chi connectivity index (χ1) is 13.0. The van der Waals surface area contributed by atoms with Crippen molar-refractivity contribution in [3.8, 4) is 5.75 Å². The Morgan fingerprint density at radius 3 is 2.67 bits per heavy atom. The van der Waals surface area contributed by atoms with Gasteiger partial charge in [-0.25, -0.2) is 4.79 Å². The highest BCUT2D eigenvalue weighted by atomic mass is 35.5. The lowest BCUT2D eigenvalue weighted by molar-refractivity contribution is -0.119. The standard InChI is InChI=1S/C20H22ClNO5/c1-4-26-11-15-10-14(8-9-18(15)25-3)20(24)27-12-19(23)22-17-7-5-6-16(21)13(17)2/h5-10H,4,11-12H2,1-3H3,(H,22,23). The van der Waals surface area contributed by atoms with Crippen LogP contribution in [-0.2, 0) is 20.9 Å². The third-order valence-electron chi connectivity index (χ3n) is 3.85. The molecule has 0 aliphatic heterocycles. The van der Waals surface area contributed by atoms with Gasteiger partial charge in [-0.2, -0.15) is 0 Å². The summed E-state index contributed by atoms with van der Waals surface area (Å²) in [6.07, 6.45) is 0. The number of hydrogen-bond acceptors (Lipinski definition) is 5. The fourth-order valence-corrected chi connectivity index (χ4v) is 2.55. The number of halogens is 1. The molecule has 0 unspecified atom stereocenters. The number of ether oxygens (including phenoxy) is 3. The largest absolute Gasteiger partial charge is 0.496 e. The third kappa shape index (κ3) is 5.70. The Kier molecular flexibility index (Phi) is 7.64. The first-order valence-electron chi connectivity index (χ1n) is 8.43. The number of carbonyl (C=O) groups excluding carboxylic acids is 2. The summed E-state index contributed by atoms with van der Waals surface area (Å²) in [5.74, 6) is -0.431. The van der Waals surface area contributed by atoms with Crippen LogP contribution in [0.5, 0.6) is 5.75 Å². The number of rotatable bonds is 8. The van der Waals surface area contributed by atoms with Crippen molar-refractivity contribution in [1.29, 1.82) is 0 Å². The summed E-state index contributed by atoms with van der Waals surface area (Å²) in [4.78, 5) is 24.3. The molecular weight excluding hydrogens is 370 g/mol. The minimum atomic E-state index is -0.603. The van der Waals surface area contributed by atoms with Crippen molar-refractivity contribution in [2.75, 3.05) is 25.6 Å². The molecule has 0 heterocycles. The van der Waals surface area contributed by atoms with Crippen molar-refractivity contribution in [3.63, 3.8) is 0 Å². The van der Waals surface area contributed by atoms with Crippen LogP contribution < -0.4 is 10.1 Å². The van der Waals surface area contributed by atoms with Gasteiger partial charge in [-0.05, 0) is 49.7 Å². The molecule has 0 atom stereocenters. The van der Waals surface area contributed by atoms with E-state index < -0.39 is 18.5 Å². The zero-order valence-electron chi connectivity index (χ0n) is 15.5. The minimum absolute atomic E-state index is 0.315. The van der Waals surface area contributed by atoms with Gasteiger partial charge in [0, 0.05) is 22.9 Å². The number of nitrogens with one attached hydrogen (secondary N) is 1. The van der Waals surface area contributed by atoms with E-state index in [2.05, 4.69) is 5.32 Å². The van der Waals surface area contributed by atoms with Crippen molar-refractivity contribution < 1.29 is 23.8 Å². The van der Waals surface area contributed by atoms with Crippen LogP contribution >= 0.6 is 11.6 Å². The molecule has 0 saturated carbocycles. The molecule has 0 radical (unpaired) electrons. The van der Waals surface area contributed by atoms with E-state index in [1.807, 2.05) is 6.92 Å². The van der Waals surface area contributed by atoms with Crippen LogP contribution in [0.2, 0.25) is 5.02 Å². The van der Waals surface area contributed by atoms with E-state index in [9.17, 15) is 9.59 Å². The quantitative estimate of drug-likeness (QED) is 0.689. The average molecular weight is 392 g/mol. The zero-order valence-corrected chi connectivity index (χ0v) is 16.3. The Balaban J connectivity index is 1.98. The lowest BCUT2D eigenvalue weighted by Crippen LogP contribution is -2.21. The smallest absolute Gasteiger partial charge is 0.338 e. The van der Waals surface area contributed by atoms with Gasteiger partial charge in [0.25, 0.3) is 5.91 Å². The topological polar surface area (TPSA) is 73.9 Å². The molecule has 1 N–H and O–H groups in total. The van der Waals surface area contributed by atoms with E-state index >= 15 is 0 Å². The number of benzene rings is 2. The second-order valence-electron chi connectivity index (χ2n) is 5.70. The molecule has 0 aliphatic carbocycles. The number of hydrogen-bond donors (Lipinski definition) is 1. The summed E-state index contributed by atoms with van der Waals surface area (Å²) in [6, 6.07) is 10.1. The Morgan fingerprint density at radius 1 is 1.19 bits per heavy atom. The highest BCUT2D eigenvalue weighted by molar-refractivity contribution is 6.31. The summed E-state index contributed by atoms with van der Waals surface area (Å²) in [5.41, 5.74) is 2.37. The van der Waals surface area contributed by atoms with Crippen LogP contribution in [0.4, 0.5) is 5.69 Å². The molecule has 2 aromatic carbocycles. The van der Waals surface area contributed by atoms with E-state index in [4.69, 9.17) is 25.8 Å². The molecule has 2 aromatic rings. The minimum Gasteiger partial charge on any atom is -0.496 e. The fraction of sp³-hybridized carbons (Fsp3) is 0.300. The summed E-state index contributed by atoms with van der Waals surface area (Å²) in [6.45, 7) is 4.12. The Labute approximate surface area is 163 Å². The lowest BCUT2D eigenvalue weighted by Gasteiger charge is -2.12. The molecule has 0 saturated heterocycles. The summed E-state index contributed by atoms with van der Waals surface area (Å²) >= 11 is 6.02. The van der Waals surface area contributed by atoms with Crippen LogP contribution in [-0.4, -0.2) is 32.2 Å². The summed E-state index contributed by atoms with van der Waals surface area (Å²) in [7, 11) is 1.55. The van der Waals surface area contributed by atoms with Crippen LogP contribution in [0.25, 0.3) is 0 Å². The Morgan fingerprint density at radius 2 is 1.96 bits per heavy atom. The lowest BCUT2D eigenvalue weighted by atomic mass is 10.1. The first-order valence-corrected chi connectivity index (χ1v) is 8.80. The van der Waals surface area contributed by atoms with Gasteiger partial charge >= 0.3 is 5.97 Å². The Hall–Kier alpha value is -2.57. The molecule has 27 heavy (non-hydrogen) atoms. The van der Waals surface area contributed by atoms with Gasteiger partial charge in [-0.1, -0.05) is 17.7 Å². The van der Waals surface area contributed by atoms with E-state index in [0.717, 1.165) is 11.1 Å². The molecule has 0 aliphatic rings. The maximum absolute atomic E-state index is 12.2. The number of methoxy groups -OCH3 is 1. The van der Waals surface area contributed by atoms with E-state index in [1.165, 1.54) is 0 Å². The van der Waals surface area contributed by atoms with Gasteiger partial charge in [0.15, 0.2) is 6.61 Å². The maximum Gasteiger partial charge on any atom is 0.338 e. The molecule has 0 aromatic heterocycles. The van der Waals surface area contributed by atoms with Gasteiger partial charge in [0.1, 0.15) is 5.75 Å². The fourth-order valence-electron chi connectivity index (χ4n) is 2.37. The molecule has 2 rings (SSSR count). The highest BCUT2D eigenvalue weighted by Crippen LogP contribution is 2.23. The second kappa shape index (κ2) is 9.94. The Bertz CT molecular complexity index is 822. The van der Waals surface area contributed by atoms with Gasteiger partial charge in [0.05, 0.1) is 19.3 Å². The molecule has 0 bridgehead atoms. The predicted molar refractivity (Wildman–Crippen MR) is 103 cm³/mol. The summed E-state index contributed by atoms with van der Waals surface area (Å²) in [5, 5.41) is 3.22. The van der Waals surface area contributed by atoms with Gasteiger partial charge in [-0.15, -0.1) is 0 Å². The highest BCUT2D eigenvalue weighted by Gasteiger charge is 2.14. The van der Waals surface area contributed by atoms with Gasteiger partial charge in [-0.3, -0.25) is 4.79 Å². The molecule has 1 amide bonds.